The Hall–Kier alpha value is -0.810. The van der Waals surface area contributed by atoms with Gasteiger partial charge < -0.3 is 21.9 Å². The standard InChI is InChI=1S/C16H20ClN3S.ClH/c1-4-19(5-2)8-9-20-14-7-6-12(17)10-13(14)15-16(20)21-11(3)18-15;/h6-7,10H,4-5,8-9H2,1-3H3;1H/p-1. The van der Waals surface area contributed by atoms with Gasteiger partial charge in [-0.1, -0.05) is 25.4 Å². The van der Waals surface area contributed by atoms with Gasteiger partial charge in [0.15, 0.2) is 0 Å². The Morgan fingerprint density at radius 2 is 2.00 bits per heavy atom. The van der Waals surface area contributed by atoms with Crippen molar-refractivity contribution in [3.05, 3.63) is 28.2 Å². The van der Waals surface area contributed by atoms with Crippen LogP contribution in [0.25, 0.3) is 21.3 Å². The van der Waals surface area contributed by atoms with Crippen molar-refractivity contribution < 1.29 is 12.4 Å². The molecule has 3 rings (SSSR count). The fourth-order valence-electron chi connectivity index (χ4n) is 2.82. The molecule has 0 bridgehead atoms. The van der Waals surface area contributed by atoms with Crippen molar-refractivity contribution in [3.63, 3.8) is 0 Å². The SMILES string of the molecule is CCN(CC)CCn1c2ccc(Cl)cc2c2nc(C)sc21.[Cl-]. The van der Waals surface area contributed by atoms with Crippen LogP contribution in [0.15, 0.2) is 18.2 Å². The van der Waals surface area contributed by atoms with Crippen molar-refractivity contribution in [2.45, 2.75) is 27.3 Å². The van der Waals surface area contributed by atoms with Gasteiger partial charge in [-0.3, -0.25) is 0 Å². The predicted octanol–water partition coefficient (Wildman–Crippen LogP) is 1.56. The third-order valence-electron chi connectivity index (χ3n) is 4.00. The zero-order valence-corrected chi connectivity index (χ0v) is 15.4. The van der Waals surface area contributed by atoms with Gasteiger partial charge in [-0.2, -0.15) is 0 Å². The Balaban J connectivity index is 0.00000176. The summed E-state index contributed by atoms with van der Waals surface area (Å²) in [5.41, 5.74) is 2.33. The summed E-state index contributed by atoms with van der Waals surface area (Å²) in [6.07, 6.45) is 0. The number of aromatic nitrogens is 2. The summed E-state index contributed by atoms with van der Waals surface area (Å²) >= 11 is 7.93. The third kappa shape index (κ3) is 3.11. The monoisotopic (exact) mass is 356 g/mol. The Morgan fingerprint density at radius 3 is 2.68 bits per heavy atom. The Labute approximate surface area is 146 Å². The molecule has 3 aromatic rings. The molecule has 0 saturated heterocycles. The molecule has 3 nitrogen and oxygen atoms in total. The topological polar surface area (TPSA) is 21.1 Å². The highest BCUT2D eigenvalue weighted by molar-refractivity contribution is 7.18. The number of thiazole rings is 1. The molecule has 0 aliphatic carbocycles. The molecular formula is C16H20Cl2N3S-. The maximum atomic E-state index is 6.17. The van der Waals surface area contributed by atoms with E-state index in [0.29, 0.717) is 0 Å². The van der Waals surface area contributed by atoms with Crippen LogP contribution in [0.5, 0.6) is 0 Å². The summed E-state index contributed by atoms with van der Waals surface area (Å²) in [5.74, 6) is 0. The Morgan fingerprint density at radius 1 is 1.27 bits per heavy atom. The summed E-state index contributed by atoms with van der Waals surface area (Å²) in [4.78, 5) is 8.40. The average molecular weight is 357 g/mol. The van der Waals surface area contributed by atoms with E-state index in [0.717, 1.165) is 41.7 Å². The summed E-state index contributed by atoms with van der Waals surface area (Å²) in [5, 5.41) is 3.05. The number of nitrogens with zero attached hydrogens (tertiary/aromatic N) is 3. The van der Waals surface area contributed by atoms with Gasteiger partial charge in [-0.05, 0) is 38.2 Å². The molecule has 1 aromatic carbocycles. The fraction of sp³-hybridized carbons (Fsp3) is 0.438. The van der Waals surface area contributed by atoms with E-state index in [1.54, 1.807) is 11.3 Å². The lowest BCUT2D eigenvalue weighted by Gasteiger charge is -2.18. The number of likely N-dealkylation sites (N-methyl/N-ethyl adjacent to an activating group) is 1. The number of hydrogen-bond acceptors (Lipinski definition) is 3. The molecule has 0 radical (unpaired) electrons. The van der Waals surface area contributed by atoms with Crippen molar-refractivity contribution in [1.82, 2.24) is 14.5 Å². The Bertz CT molecular complexity index is 774. The molecule has 0 aliphatic rings. The van der Waals surface area contributed by atoms with Gasteiger partial charge in [-0.25, -0.2) is 4.98 Å². The van der Waals surface area contributed by atoms with Crippen molar-refractivity contribution >= 4 is 44.2 Å². The van der Waals surface area contributed by atoms with Crippen molar-refractivity contribution in [2.24, 2.45) is 0 Å². The fourth-order valence-corrected chi connectivity index (χ4v) is 3.96. The second kappa shape index (κ2) is 7.18. The van der Waals surface area contributed by atoms with E-state index < -0.39 is 0 Å². The first-order valence-corrected chi connectivity index (χ1v) is 8.60. The first-order chi connectivity index (χ1) is 10.1. The zero-order valence-electron chi connectivity index (χ0n) is 13.1. The highest BCUT2D eigenvalue weighted by Gasteiger charge is 2.15. The van der Waals surface area contributed by atoms with E-state index in [2.05, 4.69) is 36.3 Å². The van der Waals surface area contributed by atoms with Crippen LogP contribution < -0.4 is 12.4 Å². The van der Waals surface area contributed by atoms with E-state index in [4.69, 9.17) is 16.6 Å². The van der Waals surface area contributed by atoms with Gasteiger partial charge in [-0.15, -0.1) is 11.3 Å². The normalized spacial score (nSPS) is 11.5. The minimum Gasteiger partial charge on any atom is -1.00 e. The first-order valence-electron chi connectivity index (χ1n) is 7.41. The maximum absolute atomic E-state index is 6.17. The molecule has 0 spiro atoms. The molecule has 120 valence electrons. The third-order valence-corrected chi connectivity index (χ3v) is 5.23. The number of aryl methyl sites for hydroxylation is 1. The first kappa shape index (κ1) is 17.5. The lowest BCUT2D eigenvalue weighted by Crippen LogP contribution is -3.00. The molecule has 0 unspecified atom stereocenters. The van der Waals surface area contributed by atoms with Gasteiger partial charge >= 0.3 is 0 Å². The summed E-state index contributed by atoms with van der Waals surface area (Å²) in [6, 6.07) is 6.12. The average Bonchev–Trinajstić information content (AvgIpc) is 2.97. The second-order valence-corrected chi connectivity index (χ2v) is 6.84. The van der Waals surface area contributed by atoms with Crippen molar-refractivity contribution in [3.8, 4) is 0 Å². The van der Waals surface area contributed by atoms with Gasteiger partial charge in [0.2, 0.25) is 0 Å². The molecule has 22 heavy (non-hydrogen) atoms. The highest BCUT2D eigenvalue weighted by atomic mass is 35.5. The second-order valence-electron chi connectivity index (χ2n) is 5.23. The van der Waals surface area contributed by atoms with Gasteiger partial charge in [0.25, 0.3) is 0 Å². The largest absolute Gasteiger partial charge is 1.00 e. The quantitative estimate of drug-likeness (QED) is 0.691. The lowest BCUT2D eigenvalue weighted by molar-refractivity contribution is -0.00000431. The Kier molecular flexibility index (Phi) is 5.72. The van der Waals surface area contributed by atoms with E-state index in [1.165, 1.54) is 15.7 Å². The van der Waals surface area contributed by atoms with Crippen LogP contribution in [0.2, 0.25) is 5.02 Å². The van der Waals surface area contributed by atoms with Crippen LogP contribution in [0.4, 0.5) is 0 Å². The molecule has 0 fully saturated rings. The smallest absolute Gasteiger partial charge is 0.124 e. The van der Waals surface area contributed by atoms with E-state index >= 15 is 0 Å². The predicted molar refractivity (Wildman–Crippen MR) is 92.7 cm³/mol. The van der Waals surface area contributed by atoms with Crippen molar-refractivity contribution in [1.29, 1.82) is 0 Å². The molecular weight excluding hydrogens is 337 g/mol. The van der Waals surface area contributed by atoms with E-state index in [9.17, 15) is 0 Å². The zero-order chi connectivity index (χ0) is 15.0. The number of benzene rings is 1. The lowest BCUT2D eigenvalue weighted by atomic mass is 10.2. The van der Waals surface area contributed by atoms with Crippen LogP contribution in [-0.2, 0) is 6.54 Å². The van der Waals surface area contributed by atoms with Crippen LogP contribution in [0.3, 0.4) is 0 Å². The van der Waals surface area contributed by atoms with Crippen molar-refractivity contribution in [2.75, 3.05) is 19.6 Å². The molecule has 0 atom stereocenters. The molecule has 0 amide bonds. The summed E-state index contributed by atoms with van der Waals surface area (Å²) in [7, 11) is 0. The van der Waals surface area contributed by atoms with Gasteiger partial charge in [0.1, 0.15) is 10.3 Å². The molecule has 2 heterocycles. The molecule has 6 heteroatoms. The minimum atomic E-state index is 0. The molecule has 0 saturated carbocycles. The molecule has 2 aromatic heterocycles. The van der Waals surface area contributed by atoms with Crippen LogP contribution in [0, 0.1) is 6.92 Å². The molecule has 0 aliphatic heterocycles. The number of halogens is 2. The summed E-state index contributed by atoms with van der Waals surface area (Å²) < 4.78 is 2.39. The van der Waals surface area contributed by atoms with Gasteiger partial charge in [0.05, 0.1) is 10.5 Å². The van der Waals surface area contributed by atoms with Crippen LogP contribution in [0.1, 0.15) is 18.9 Å². The summed E-state index contributed by atoms with van der Waals surface area (Å²) in [6.45, 7) is 10.7. The molecule has 0 N–H and O–H groups in total. The van der Waals surface area contributed by atoms with E-state index in [-0.39, 0.29) is 12.4 Å². The maximum Gasteiger partial charge on any atom is 0.124 e. The minimum absolute atomic E-state index is 0. The van der Waals surface area contributed by atoms with Crippen LogP contribution >= 0.6 is 22.9 Å². The number of rotatable bonds is 5. The van der Waals surface area contributed by atoms with Gasteiger partial charge in [0, 0.05) is 23.5 Å². The number of fused-ring (bicyclic) bond motifs is 3. The number of hydrogen-bond donors (Lipinski definition) is 0. The van der Waals surface area contributed by atoms with E-state index in [1.807, 2.05) is 12.1 Å². The highest BCUT2D eigenvalue weighted by Crippen LogP contribution is 2.33. The van der Waals surface area contributed by atoms with Crippen LogP contribution in [-0.4, -0.2) is 34.1 Å².